The number of hydrogen-bond donors (Lipinski definition) is 2. The van der Waals surface area contributed by atoms with E-state index in [1.807, 2.05) is 6.92 Å². The predicted molar refractivity (Wildman–Crippen MR) is 47.5 cm³/mol. The van der Waals surface area contributed by atoms with E-state index < -0.39 is 0 Å². The molecule has 2 rings (SSSR count). The summed E-state index contributed by atoms with van der Waals surface area (Å²) >= 11 is 0. The maximum atomic E-state index is 11.8. The molecule has 0 bridgehead atoms. The lowest BCUT2D eigenvalue weighted by atomic mass is 10.2. The average Bonchev–Trinajstić information content (AvgIpc) is 2.70. The molecule has 1 aromatic heterocycles. The summed E-state index contributed by atoms with van der Waals surface area (Å²) in [6.45, 7) is 4.30. The molecule has 1 atom stereocenters. The van der Waals surface area contributed by atoms with Crippen molar-refractivity contribution >= 4 is 5.91 Å². The van der Waals surface area contributed by atoms with Crippen molar-refractivity contribution in [3.05, 3.63) is 5.82 Å². The topological polar surface area (TPSA) is 86.8 Å². The standard InChI is InChI=1S/C7H12N6O/c1-5-4-8-2-3-13(5)7(14)6-9-11-12-10-6/h5,8H,2-4H2,1H3,(H,9,10,11,12). The van der Waals surface area contributed by atoms with Gasteiger partial charge in [0.2, 0.25) is 0 Å². The van der Waals surface area contributed by atoms with Gasteiger partial charge in [-0.1, -0.05) is 0 Å². The summed E-state index contributed by atoms with van der Waals surface area (Å²) < 4.78 is 0. The highest BCUT2D eigenvalue weighted by Crippen LogP contribution is 2.05. The zero-order valence-corrected chi connectivity index (χ0v) is 7.90. The number of amides is 1. The van der Waals surface area contributed by atoms with E-state index in [9.17, 15) is 4.79 Å². The molecular formula is C7H12N6O. The van der Waals surface area contributed by atoms with E-state index in [2.05, 4.69) is 25.9 Å². The van der Waals surface area contributed by atoms with Gasteiger partial charge in [0.25, 0.3) is 11.7 Å². The molecule has 76 valence electrons. The van der Waals surface area contributed by atoms with Crippen molar-refractivity contribution in [1.82, 2.24) is 30.8 Å². The number of carbonyl (C=O) groups excluding carboxylic acids is 1. The Morgan fingerprint density at radius 3 is 3.14 bits per heavy atom. The monoisotopic (exact) mass is 196 g/mol. The number of H-pyrrole nitrogens is 1. The fourth-order valence-corrected chi connectivity index (χ4v) is 1.52. The molecular weight excluding hydrogens is 184 g/mol. The third-order valence-electron chi connectivity index (χ3n) is 2.30. The Bertz CT molecular complexity index is 310. The summed E-state index contributed by atoms with van der Waals surface area (Å²) in [6, 6.07) is 0.176. The molecule has 7 heteroatoms. The van der Waals surface area contributed by atoms with E-state index in [1.165, 1.54) is 0 Å². The van der Waals surface area contributed by atoms with Crippen LogP contribution >= 0.6 is 0 Å². The molecule has 0 aromatic carbocycles. The van der Waals surface area contributed by atoms with Crippen molar-refractivity contribution in [3.8, 4) is 0 Å². The SMILES string of the molecule is CC1CNCCN1C(=O)c1nn[nH]n1. The van der Waals surface area contributed by atoms with Crippen LogP contribution in [0, 0.1) is 0 Å². The molecule has 7 nitrogen and oxygen atoms in total. The maximum Gasteiger partial charge on any atom is 0.295 e. The highest BCUT2D eigenvalue weighted by molar-refractivity contribution is 5.90. The van der Waals surface area contributed by atoms with Crippen LogP contribution in [-0.2, 0) is 0 Å². The molecule has 1 amide bonds. The van der Waals surface area contributed by atoms with E-state index in [4.69, 9.17) is 0 Å². The van der Waals surface area contributed by atoms with Gasteiger partial charge in [-0.2, -0.15) is 5.21 Å². The number of nitrogens with one attached hydrogen (secondary N) is 2. The number of tetrazole rings is 1. The quantitative estimate of drug-likeness (QED) is 0.579. The van der Waals surface area contributed by atoms with Crippen molar-refractivity contribution < 1.29 is 4.79 Å². The van der Waals surface area contributed by atoms with Crippen LogP contribution in [0.15, 0.2) is 0 Å². The van der Waals surface area contributed by atoms with Crippen LogP contribution in [0.5, 0.6) is 0 Å². The van der Waals surface area contributed by atoms with Crippen LogP contribution in [-0.4, -0.2) is 57.1 Å². The predicted octanol–water partition coefficient (Wildman–Crippen LogP) is -1.37. The van der Waals surface area contributed by atoms with Crippen LogP contribution in [0.4, 0.5) is 0 Å². The summed E-state index contributed by atoms with van der Waals surface area (Å²) in [5.41, 5.74) is 0. The largest absolute Gasteiger partial charge is 0.331 e. The molecule has 0 spiro atoms. The lowest BCUT2D eigenvalue weighted by Gasteiger charge is -2.32. The average molecular weight is 196 g/mol. The second kappa shape index (κ2) is 3.70. The molecule has 14 heavy (non-hydrogen) atoms. The van der Waals surface area contributed by atoms with Gasteiger partial charge in [0, 0.05) is 25.7 Å². The van der Waals surface area contributed by atoms with Crippen molar-refractivity contribution in [2.75, 3.05) is 19.6 Å². The van der Waals surface area contributed by atoms with E-state index in [0.29, 0.717) is 6.54 Å². The van der Waals surface area contributed by atoms with Crippen molar-refractivity contribution in [2.24, 2.45) is 0 Å². The number of rotatable bonds is 1. The van der Waals surface area contributed by atoms with Gasteiger partial charge in [0.05, 0.1) is 0 Å². The molecule has 0 aliphatic carbocycles. The summed E-state index contributed by atoms with van der Waals surface area (Å²) in [4.78, 5) is 13.5. The molecule has 0 radical (unpaired) electrons. The number of aromatic amines is 1. The van der Waals surface area contributed by atoms with E-state index in [-0.39, 0.29) is 17.8 Å². The molecule has 2 heterocycles. The molecule has 1 fully saturated rings. The Morgan fingerprint density at radius 2 is 2.50 bits per heavy atom. The molecule has 1 aromatic rings. The third-order valence-corrected chi connectivity index (χ3v) is 2.30. The molecule has 0 saturated carbocycles. The number of carbonyl (C=O) groups is 1. The van der Waals surface area contributed by atoms with Crippen LogP contribution in [0.3, 0.4) is 0 Å². The fourth-order valence-electron chi connectivity index (χ4n) is 1.52. The van der Waals surface area contributed by atoms with E-state index in [0.717, 1.165) is 13.1 Å². The highest BCUT2D eigenvalue weighted by Gasteiger charge is 2.26. The molecule has 1 saturated heterocycles. The van der Waals surface area contributed by atoms with Gasteiger partial charge >= 0.3 is 0 Å². The van der Waals surface area contributed by atoms with Gasteiger partial charge < -0.3 is 10.2 Å². The third kappa shape index (κ3) is 1.58. The Labute approximate surface area is 80.9 Å². The van der Waals surface area contributed by atoms with E-state index in [1.54, 1.807) is 4.90 Å². The summed E-state index contributed by atoms with van der Waals surface area (Å²) in [5.74, 6) is -0.0218. The van der Waals surface area contributed by atoms with Crippen LogP contribution in [0.25, 0.3) is 0 Å². The first kappa shape index (κ1) is 9.07. The first-order valence-electron chi connectivity index (χ1n) is 4.54. The van der Waals surface area contributed by atoms with Gasteiger partial charge in [-0.25, -0.2) is 0 Å². The maximum absolute atomic E-state index is 11.8. The van der Waals surface area contributed by atoms with Crippen LogP contribution < -0.4 is 5.32 Å². The highest BCUT2D eigenvalue weighted by atomic mass is 16.2. The number of nitrogens with zero attached hydrogens (tertiary/aromatic N) is 4. The first-order chi connectivity index (χ1) is 6.79. The number of aromatic nitrogens is 4. The summed E-state index contributed by atoms with van der Waals surface area (Å²) in [6.07, 6.45) is 0. The number of piperazine rings is 1. The lowest BCUT2D eigenvalue weighted by molar-refractivity contribution is 0.0643. The van der Waals surface area contributed by atoms with Crippen LogP contribution in [0.2, 0.25) is 0 Å². The van der Waals surface area contributed by atoms with Crippen molar-refractivity contribution in [3.63, 3.8) is 0 Å². The Balaban J connectivity index is 2.10. The Kier molecular flexibility index (Phi) is 2.40. The normalized spacial score (nSPS) is 22.4. The van der Waals surface area contributed by atoms with Gasteiger partial charge in [0.1, 0.15) is 0 Å². The van der Waals surface area contributed by atoms with Gasteiger partial charge in [0.15, 0.2) is 0 Å². The second-order valence-electron chi connectivity index (χ2n) is 3.29. The van der Waals surface area contributed by atoms with Crippen molar-refractivity contribution in [1.29, 1.82) is 0 Å². The zero-order chi connectivity index (χ0) is 9.97. The number of hydrogen-bond acceptors (Lipinski definition) is 5. The van der Waals surface area contributed by atoms with Gasteiger partial charge in [-0.3, -0.25) is 4.79 Å². The lowest BCUT2D eigenvalue weighted by Crippen LogP contribution is -2.52. The molecule has 2 N–H and O–H groups in total. The molecule has 1 unspecified atom stereocenters. The smallest absolute Gasteiger partial charge is 0.295 e. The Hall–Kier alpha value is -1.50. The van der Waals surface area contributed by atoms with Crippen molar-refractivity contribution in [2.45, 2.75) is 13.0 Å². The first-order valence-corrected chi connectivity index (χ1v) is 4.54. The second-order valence-corrected chi connectivity index (χ2v) is 3.29. The summed E-state index contributed by atoms with van der Waals surface area (Å²) in [7, 11) is 0. The van der Waals surface area contributed by atoms with Gasteiger partial charge in [-0.05, 0) is 12.1 Å². The fraction of sp³-hybridized carbons (Fsp3) is 0.714. The Morgan fingerprint density at radius 1 is 1.64 bits per heavy atom. The molecule has 1 aliphatic heterocycles. The van der Waals surface area contributed by atoms with E-state index >= 15 is 0 Å². The van der Waals surface area contributed by atoms with Gasteiger partial charge in [-0.15, -0.1) is 10.2 Å². The molecule has 1 aliphatic rings. The summed E-state index contributed by atoms with van der Waals surface area (Å²) in [5, 5.41) is 16.2. The minimum Gasteiger partial charge on any atom is -0.331 e. The van der Waals surface area contributed by atoms with Crippen LogP contribution in [0.1, 0.15) is 17.5 Å². The minimum atomic E-state index is -0.159. The zero-order valence-electron chi connectivity index (χ0n) is 7.90. The minimum absolute atomic E-state index is 0.138.